The van der Waals surface area contributed by atoms with Crippen LogP contribution in [0.2, 0.25) is 0 Å². The first-order valence-corrected chi connectivity index (χ1v) is 8.08. The van der Waals surface area contributed by atoms with Gasteiger partial charge in [0.2, 0.25) is 11.7 Å². The van der Waals surface area contributed by atoms with Crippen molar-refractivity contribution < 1.29 is 14.0 Å². The van der Waals surface area contributed by atoms with E-state index in [0.717, 1.165) is 25.1 Å². The van der Waals surface area contributed by atoms with Gasteiger partial charge in [0, 0.05) is 30.8 Å². The van der Waals surface area contributed by atoms with Crippen LogP contribution in [0.3, 0.4) is 0 Å². The molecule has 0 N–H and O–H groups in total. The number of fused-ring (bicyclic) bond motifs is 2. The maximum atomic E-state index is 5.94. The minimum Gasteiger partial charge on any atom is -0.485 e. The molecule has 2 aromatic heterocycles. The van der Waals surface area contributed by atoms with Gasteiger partial charge in [-0.15, -0.1) is 0 Å². The Labute approximate surface area is 138 Å². The van der Waals surface area contributed by atoms with Crippen LogP contribution in [0.4, 0.5) is 0 Å². The van der Waals surface area contributed by atoms with Crippen molar-refractivity contribution in [2.75, 3.05) is 6.61 Å². The molecule has 0 saturated carbocycles. The molecule has 2 atom stereocenters. The van der Waals surface area contributed by atoms with Crippen molar-refractivity contribution in [3.05, 3.63) is 54.2 Å². The molecular weight excluding hydrogens is 308 g/mol. The van der Waals surface area contributed by atoms with Gasteiger partial charge in [-0.05, 0) is 18.6 Å². The molecule has 0 bridgehead atoms. The van der Waals surface area contributed by atoms with Crippen molar-refractivity contribution in [2.45, 2.75) is 31.4 Å². The van der Waals surface area contributed by atoms with Gasteiger partial charge in [-0.2, -0.15) is 4.98 Å². The highest BCUT2D eigenvalue weighted by atomic mass is 16.6. The molecule has 122 valence electrons. The van der Waals surface area contributed by atoms with Crippen LogP contribution < -0.4 is 9.47 Å². The van der Waals surface area contributed by atoms with Gasteiger partial charge >= 0.3 is 0 Å². The molecule has 2 aliphatic heterocycles. The van der Waals surface area contributed by atoms with E-state index < -0.39 is 0 Å². The first-order chi connectivity index (χ1) is 11.9. The van der Waals surface area contributed by atoms with E-state index in [1.165, 1.54) is 5.69 Å². The average Bonchev–Trinajstić information content (AvgIpc) is 3.30. The van der Waals surface area contributed by atoms with E-state index in [9.17, 15) is 0 Å². The molecule has 0 saturated heterocycles. The Kier molecular flexibility index (Phi) is 3.04. The predicted octanol–water partition coefficient (Wildman–Crippen LogP) is 2.51. The van der Waals surface area contributed by atoms with Crippen molar-refractivity contribution >= 4 is 0 Å². The minimum absolute atomic E-state index is 0.229. The van der Waals surface area contributed by atoms with Gasteiger partial charge in [0.15, 0.2) is 17.6 Å². The molecule has 3 aromatic rings. The first kappa shape index (κ1) is 13.6. The van der Waals surface area contributed by atoms with Gasteiger partial charge in [-0.25, -0.2) is 4.98 Å². The third-order valence-electron chi connectivity index (χ3n) is 4.58. The highest BCUT2D eigenvalue weighted by Crippen LogP contribution is 2.36. The van der Waals surface area contributed by atoms with Gasteiger partial charge in [0.05, 0.1) is 6.33 Å². The second kappa shape index (κ2) is 5.36. The summed E-state index contributed by atoms with van der Waals surface area (Å²) in [4.78, 5) is 8.77. The van der Waals surface area contributed by atoms with Crippen LogP contribution in [0.15, 0.2) is 41.3 Å². The van der Waals surface area contributed by atoms with E-state index in [2.05, 4.69) is 19.7 Å². The Bertz CT molecular complexity index is 872. The van der Waals surface area contributed by atoms with Crippen molar-refractivity contribution in [3.63, 3.8) is 0 Å². The summed E-state index contributed by atoms with van der Waals surface area (Å²) in [7, 11) is 0. The molecule has 24 heavy (non-hydrogen) atoms. The molecule has 2 unspecified atom stereocenters. The van der Waals surface area contributed by atoms with Crippen LogP contribution in [-0.2, 0) is 13.0 Å². The molecule has 1 aromatic carbocycles. The summed E-state index contributed by atoms with van der Waals surface area (Å²) >= 11 is 0. The molecule has 5 rings (SSSR count). The second-order valence-electron chi connectivity index (χ2n) is 6.12. The predicted molar refractivity (Wildman–Crippen MR) is 82.9 cm³/mol. The quantitative estimate of drug-likeness (QED) is 0.721. The fraction of sp³-hybridized carbons (Fsp3) is 0.353. The number of imidazole rings is 1. The SMILES string of the molecule is c1ccc2c(c1)OCC(c1noc(C3CCn4cncc4C3)n1)O2. The Balaban J connectivity index is 1.35. The molecule has 0 amide bonds. The summed E-state index contributed by atoms with van der Waals surface area (Å²) in [6.07, 6.45) is 5.27. The average molecular weight is 324 g/mol. The van der Waals surface area contributed by atoms with Crippen LogP contribution in [0.5, 0.6) is 11.5 Å². The van der Waals surface area contributed by atoms with Crippen molar-refractivity contribution in [1.29, 1.82) is 0 Å². The molecule has 0 aliphatic carbocycles. The van der Waals surface area contributed by atoms with Crippen molar-refractivity contribution in [1.82, 2.24) is 19.7 Å². The van der Waals surface area contributed by atoms with Crippen molar-refractivity contribution in [3.8, 4) is 11.5 Å². The van der Waals surface area contributed by atoms with Crippen LogP contribution in [-0.4, -0.2) is 26.3 Å². The van der Waals surface area contributed by atoms with E-state index in [4.69, 9.17) is 14.0 Å². The fourth-order valence-corrected chi connectivity index (χ4v) is 3.27. The van der Waals surface area contributed by atoms with Crippen molar-refractivity contribution in [2.24, 2.45) is 0 Å². The zero-order chi connectivity index (χ0) is 15.9. The topological polar surface area (TPSA) is 75.2 Å². The maximum absolute atomic E-state index is 5.94. The summed E-state index contributed by atoms with van der Waals surface area (Å²) in [5, 5.41) is 4.12. The van der Waals surface area contributed by atoms with Gasteiger partial charge in [0.1, 0.15) is 6.61 Å². The van der Waals surface area contributed by atoms with Gasteiger partial charge in [-0.3, -0.25) is 0 Å². The zero-order valence-corrected chi connectivity index (χ0v) is 13.0. The van der Waals surface area contributed by atoms with E-state index in [1.54, 1.807) is 0 Å². The molecule has 7 heteroatoms. The Morgan fingerprint density at radius 1 is 1.17 bits per heavy atom. The number of aromatic nitrogens is 4. The third kappa shape index (κ3) is 2.24. The van der Waals surface area contributed by atoms with Crippen LogP contribution >= 0.6 is 0 Å². The fourth-order valence-electron chi connectivity index (χ4n) is 3.27. The number of hydrogen-bond acceptors (Lipinski definition) is 6. The lowest BCUT2D eigenvalue weighted by Gasteiger charge is -2.24. The highest BCUT2D eigenvalue weighted by molar-refractivity contribution is 5.40. The standard InChI is InChI=1S/C17H16N4O3/c1-2-4-14-13(3-1)22-9-15(23-14)16-19-17(24-20-16)11-5-6-21-10-18-8-12(21)7-11/h1-4,8,10-11,15H,5-7,9H2. The summed E-state index contributed by atoms with van der Waals surface area (Å²) in [6, 6.07) is 7.60. The number of rotatable bonds is 2. The third-order valence-corrected chi connectivity index (χ3v) is 4.58. The van der Waals surface area contributed by atoms with E-state index in [1.807, 2.05) is 36.8 Å². The molecule has 7 nitrogen and oxygen atoms in total. The molecule has 4 heterocycles. The summed E-state index contributed by atoms with van der Waals surface area (Å²) in [6.45, 7) is 1.31. The number of nitrogens with zero attached hydrogens (tertiary/aromatic N) is 4. The lowest BCUT2D eigenvalue weighted by Crippen LogP contribution is -2.22. The molecule has 2 aliphatic rings. The molecule has 0 radical (unpaired) electrons. The smallest absolute Gasteiger partial charge is 0.230 e. The number of benzene rings is 1. The molecule has 0 fully saturated rings. The highest BCUT2D eigenvalue weighted by Gasteiger charge is 2.30. The number of para-hydroxylation sites is 2. The Hall–Kier alpha value is -2.83. The van der Waals surface area contributed by atoms with E-state index >= 15 is 0 Å². The monoisotopic (exact) mass is 324 g/mol. The number of ether oxygens (including phenoxy) is 2. The lowest BCUT2D eigenvalue weighted by atomic mass is 9.96. The number of aryl methyl sites for hydroxylation is 1. The summed E-state index contributed by atoms with van der Waals surface area (Å²) in [5.74, 6) is 2.89. The minimum atomic E-state index is -0.341. The molecular formula is C17H16N4O3. The van der Waals surface area contributed by atoms with E-state index in [0.29, 0.717) is 24.1 Å². The lowest BCUT2D eigenvalue weighted by molar-refractivity contribution is 0.0832. The Morgan fingerprint density at radius 3 is 3.04 bits per heavy atom. The maximum Gasteiger partial charge on any atom is 0.230 e. The first-order valence-electron chi connectivity index (χ1n) is 8.08. The summed E-state index contributed by atoms with van der Waals surface area (Å²) in [5.41, 5.74) is 1.21. The summed E-state index contributed by atoms with van der Waals surface area (Å²) < 4.78 is 19.3. The Morgan fingerprint density at radius 2 is 2.08 bits per heavy atom. The van der Waals surface area contributed by atoms with Gasteiger partial charge in [-0.1, -0.05) is 17.3 Å². The van der Waals surface area contributed by atoms with Crippen LogP contribution in [0, 0.1) is 0 Å². The zero-order valence-electron chi connectivity index (χ0n) is 13.0. The van der Waals surface area contributed by atoms with E-state index in [-0.39, 0.29) is 12.0 Å². The van der Waals surface area contributed by atoms with Gasteiger partial charge < -0.3 is 18.6 Å². The largest absolute Gasteiger partial charge is 0.485 e. The normalized spacial score (nSPS) is 22.2. The molecule has 0 spiro atoms. The second-order valence-corrected chi connectivity index (χ2v) is 6.12. The number of hydrogen-bond donors (Lipinski definition) is 0. The van der Waals surface area contributed by atoms with Gasteiger partial charge in [0.25, 0.3) is 0 Å². The van der Waals surface area contributed by atoms with Crippen LogP contribution in [0.25, 0.3) is 0 Å². The van der Waals surface area contributed by atoms with Crippen LogP contribution in [0.1, 0.15) is 35.9 Å².